The number of carbonyl (C=O) groups excluding carboxylic acids is 1. The van der Waals surface area contributed by atoms with E-state index in [2.05, 4.69) is 20.2 Å². The van der Waals surface area contributed by atoms with Gasteiger partial charge in [0.1, 0.15) is 11.5 Å². The average molecular weight is 405 g/mol. The molecular formula is C22H23N5O3. The highest BCUT2D eigenvalue weighted by molar-refractivity contribution is 6.21. The molecule has 2 amide bonds. The normalized spacial score (nSPS) is 15.4. The van der Waals surface area contributed by atoms with E-state index < -0.39 is 5.97 Å². The summed E-state index contributed by atoms with van der Waals surface area (Å²) in [6.45, 7) is 3.05. The Balaban J connectivity index is 1.56. The summed E-state index contributed by atoms with van der Waals surface area (Å²) >= 11 is 0. The lowest BCUT2D eigenvalue weighted by atomic mass is 10.0. The molecule has 0 unspecified atom stereocenters. The summed E-state index contributed by atoms with van der Waals surface area (Å²) in [5, 5.41) is 13.3. The third kappa shape index (κ3) is 4.18. The quantitative estimate of drug-likeness (QED) is 0.579. The smallest absolute Gasteiger partial charge is 0.336 e. The second kappa shape index (κ2) is 8.38. The number of urea groups is 1. The number of aromatic amines is 1. The molecule has 30 heavy (non-hydrogen) atoms. The van der Waals surface area contributed by atoms with Crippen molar-refractivity contribution < 1.29 is 14.7 Å². The SMILES string of the molecule is CN1CCN(C(=O)Nc2ccc3c(/C=C(/C(=O)O)c4ccccc4)c[nH]c3n2)CC1. The van der Waals surface area contributed by atoms with Gasteiger partial charge in [0.15, 0.2) is 0 Å². The molecule has 0 radical (unpaired) electrons. The number of fused-ring (bicyclic) bond motifs is 1. The van der Waals surface area contributed by atoms with Gasteiger partial charge in [0, 0.05) is 43.3 Å². The minimum absolute atomic E-state index is 0.168. The highest BCUT2D eigenvalue weighted by Gasteiger charge is 2.19. The minimum Gasteiger partial charge on any atom is -0.478 e. The number of hydrogen-bond acceptors (Lipinski definition) is 4. The van der Waals surface area contributed by atoms with E-state index in [1.54, 1.807) is 47.5 Å². The number of amides is 2. The summed E-state index contributed by atoms with van der Waals surface area (Å²) < 4.78 is 0. The van der Waals surface area contributed by atoms with Crippen LogP contribution in [0.2, 0.25) is 0 Å². The van der Waals surface area contributed by atoms with Crippen molar-refractivity contribution >= 4 is 40.5 Å². The van der Waals surface area contributed by atoms with Crippen molar-refractivity contribution in [3.05, 3.63) is 59.8 Å². The largest absolute Gasteiger partial charge is 0.478 e. The standard InChI is InChI=1S/C22H23N5O3/c1-26-9-11-27(12-10-26)22(30)25-19-8-7-17-16(14-23-20(17)24-19)13-18(21(28)29)15-5-3-2-4-6-15/h2-8,13-14H,9-12H2,1H3,(H,28,29)(H2,23,24,25,30)/b18-13+. The van der Waals surface area contributed by atoms with E-state index in [0.717, 1.165) is 24.0 Å². The molecule has 154 valence electrons. The number of likely N-dealkylation sites (N-methyl/N-ethyl adjacent to an activating group) is 1. The van der Waals surface area contributed by atoms with Crippen LogP contribution < -0.4 is 5.32 Å². The maximum Gasteiger partial charge on any atom is 0.336 e. The molecule has 3 heterocycles. The Morgan fingerprint density at radius 1 is 1.10 bits per heavy atom. The van der Waals surface area contributed by atoms with E-state index in [1.165, 1.54) is 0 Å². The van der Waals surface area contributed by atoms with E-state index in [0.29, 0.717) is 30.1 Å². The third-order valence-corrected chi connectivity index (χ3v) is 5.21. The van der Waals surface area contributed by atoms with Gasteiger partial charge < -0.3 is 19.9 Å². The molecule has 8 heteroatoms. The number of aliphatic carboxylic acids is 1. The number of carboxylic acid groups (broad SMARTS) is 1. The van der Waals surface area contributed by atoms with Crippen LogP contribution in [-0.4, -0.2) is 70.1 Å². The molecule has 0 spiro atoms. The molecular weight excluding hydrogens is 382 g/mol. The topological polar surface area (TPSA) is 102 Å². The first-order valence-electron chi connectivity index (χ1n) is 9.74. The van der Waals surface area contributed by atoms with Crippen LogP contribution in [-0.2, 0) is 4.79 Å². The zero-order valence-electron chi connectivity index (χ0n) is 16.6. The molecule has 0 atom stereocenters. The number of carbonyl (C=O) groups is 2. The first kappa shape index (κ1) is 19.7. The zero-order chi connectivity index (χ0) is 21.1. The number of rotatable bonds is 4. The monoisotopic (exact) mass is 405 g/mol. The van der Waals surface area contributed by atoms with E-state index in [-0.39, 0.29) is 11.6 Å². The number of hydrogen-bond donors (Lipinski definition) is 3. The van der Waals surface area contributed by atoms with Crippen molar-refractivity contribution in [2.45, 2.75) is 0 Å². The van der Waals surface area contributed by atoms with E-state index in [9.17, 15) is 14.7 Å². The van der Waals surface area contributed by atoms with Crippen LogP contribution in [0.1, 0.15) is 11.1 Å². The number of piperazine rings is 1. The second-order valence-electron chi connectivity index (χ2n) is 7.29. The highest BCUT2D eigenvalue weighted by atomic mass is 16.4. The second-order valence-corrected chi connectivity index (χ2v) is 7.29. The maximum atomic E-state index is 12.5. The summed E-state index contributed by atoms with van der Waals surface area (Å²) in [6, 6.07) is 12.4. The van der Waals surface area contributed by atoms with Gasteiger partial charge in [0.05, 0.1) is 5.57 Å². The van der Waals surface area contributed by atoms with Gasteiger partial charge in [-0.1, -0.05) is 30.3 Å². The van der Waals surface area contributed by atoms with Crippen LogP contribution >= 0.6 is 0 Å². The van der Waals surface area contributed by atoms with Gasteiger partial charge >= 0.3 is 12.0 Å². The predicted octanol–water partition coefficient (Wildman–Crippen LogP) is 2.97. The molecule has 8 nitrogen and oxygen atoms in total. The lowest BCUT2D eigenvalue weighted by molar-refractivity contribution is -0.130. The Kier molecular flexibility index (Phi) is 5.49. The molecule has 3 aromatic rings. The maximum absolute atomic E-state index is 12.5. The number of carboxylic acids is 1. The third-order valence-electron chi connectivity index (χ3n) is 5.21. The number of H-pyrrole nitrogens is 1. The number of anilines is 1. The van der Waals surface area contributed by atoms with Crippen molar-refractivity contribution in [3.63, 3.8) is 0 Å². The molecule has 0 bridgehead atoms. The Morgan fingerprint density at radius 2 is 1.83 bits per heavy atom. The molecule has 1 saturated heterocycles. The van der Waals surface area contributed by atoms with E-state index in [1.807, 2.05) is 19.2 Å². The Morgan fingerprint density at radius 3 is 2.53 bits per heavy atom. The van der Waals surface area contributed by atoms with Crippen molar-refractivity contribution in [3.8, 4) is 0 Å². The van der Waals surface area contributed by atoms with Gasteiger partial charge in [-0.25, -0.2) is 14.6 Å². The Bertz CT molecular complexity index is 1100. The lowest BCUT2D eigenvalue weighted by Gasteiger charge is -2.32. The Labute approximate surface area is 173 Å². The zero-order valence-corrected chi connectivity index (χ0v) is 16.6. The van der Waals surface area contributed by atoms with Gasteiger partial charge in [-0.05, 0) is 30.8 Å². The fourth-order valence-electron chi connectivity index (χ4n) is 3.45. The van der Waals surface area contributed by atoms with Gasteiger partial charge in [0.25, 0.3) is 0 Å². The van der Waals surface area contributed by atoms with Gasteiger partial charge in [-0.3, -0.25) is 5.32 Å². The van der Waals surface area contributed by atoms with E-state index in [4.69, 9.17) is 0 Å². The van der Waals surface area contributed by atoms with Crippen LogP contribution in [0, 0.1) is 0 Å². The van der Waals surface area contributed by atoms with Crippen molar-refractivity contribution in [2.24, 2.45) is 0 Å². The van der Waals surface area contributed by atoms with Crippen molar-refractivity contribution in [1.82, 2.24) is 19.8 Å². The first-order valence-corrected chi connectivity index (χ1v) is 9.74. The van der Waals surface area contributed by atoms with Crippen molar-refractivity contribution in [1.29, 1.82) is 0 Å². The summed E-state index contributed by atoms with van der Waals surface area (Å²) in [4.78, 5) is 35.7. The summed E-state index contributed by atoms with van der Waals surface area (Å²) in [5.41, 5.74) is 2.12. The van der Waals surface area contributed by atoms with Crippen LogP contribution in [0.4, 0.5) is 10.6 Å². The number of benzene rings is 1. The van der Waals surface area contributed by atoms with Gasteiger partial charge in [-0.15, -0.1) is 0 Å². The molecule has 1 aromatic carbocycles. The van der Waals surface area contributed by atoms with Crippen LogP contribution in [0.25, 0.3) is 22.7 Å². The number of aromatic nitrogens is 2. The fraction of sp³-hybridized carbons (Fsp3) is 0.227. The molecule has 0 aliphatic carbocycles. The fourth-order valence-corrected chi connectivity index (χ4v) is 3.45. The average Bonchev–Trinajstić information content (AvgIpc) is 3.15. The van der Waals surface area contributed by atoms with Crippen LogP contribution in [0.3, 0.4) is 0 Å². The summed E-state index contributed by atoms with van der Waals surface area (Å²) in [5.74, 6) is -0.551. The van der Waals surface area contributed by atoms with Crippen LogP contribution in [0.5, 0.6) is 0 Å². The number of pyridine rings is 1. The first-order chi connectivity index (χ1) is 14.5. The molecule has 4 rings (SSSR count). The lowest BCUT2D eigenvalue weighted by Crippen LogP contribution is -2.48. The van der Waals surface area contributed by atoms with Gasteiger partial charge in [0.2, 0.25) is 0 Å². The molecule has 0 saturated carbocycles. The predicted molar refractivity (Wildman–Crippen MR) is 116 cm³/mol. The molecule has 1 fully saturated rings. The van der Waals surface area contributed by atoms with E-state index >= 15 is 0 Å². The van der Waals surface area contributed by atoms with Crippen molar-refractivity contribution in [2.75, 3.05) is 38.5 Å². The van der Waals surface area contributed by atoms with Gasteiger partial charge in [-0.2, -0.15) is 0 Å². The summed E-state index contributed by atoms with van der Waals surface area (Å²) in [6.07, 6.45) is 3.34. The highest BCUT2D eigenvalue weighted by Crippen LogP contribution is 2.25. The number of nitrogens with zero attached hydrogens (tertiary/aromatic N) is 3. The molecule has 1 aliphatic heterocycles. The number of nitrogens with one attached hydrogen (secondary N) is 2. The molecule has 2 aromatic heterocycles. The summed E-state index contributed by atoms with van der Waals surface area (Å²) in [7, 11) is 2.04. The Hall–Kier alpha value is -3.65. The van der Waals surface area contributed by atoms with Crippen LogP contribution in [0.15, 0.2) is 48.7 Å². The molecule has 1 aliphatic rings. The molecule has 3 N–H and O–H groups in total. The minimum atomic E-state index is -1.00.